The number of imide groups is 1. The summed E-state index contributed by atoms with van der Waals surface area (Å²) in [6.45, 7) is 0. The van der Waals surface area contributed by atoms with Crippen LogP contribution >= 0.6 is 23.4 Å². The van der Waals surface area contributed by atoms with Crippen LogP contribution in [0.4, 0.5) is 11.4 Å². The van der Waals surface area contributed by atoms with Gasteiger partial charge in [-0.3, -0.25) is 9.59 Å². The molecule has 1 heterocycles. The molecule has 3 rings (SSSR count). The Morgan fingerprint density at radius 1 is 1.11 bits per heavy atom. The summed E-state index contributed by atoms with van der Waals surface area (Å²) >= 11 is 6.96. The lowest BCUT2D eigenvalue weighted by Crippen LogP contribution is -2.31. The summed E-state index contributed by atoms with van der Waals surface area (Å²) < 4.78 is 0. The number of nitrogens with zero attached hydrogens (tertiary/aromatic N) is 3. The molecule has 0 radical (unpaired) electrons. The van der Waals surface area contributed by atoms with Gasteiger partial charge in [0.05, 0.1) is 10.9 Å². The van der Waals surface area contributed by atoms with Crippen LogP contribution in [-0.4, -0.2) is 17.1 Å². The minimum absolute atomic E-state index is 0.0415. The zero-order valence-electron chi connectivity index (χ0n) is 14.4. The minimum Gasteiger partial charge on any atom is -0.349 e. The normalized spacial score (nSPS) is 15.7. The number of benzene rings is 2. The molecule has 2 aromatic rings. The van der Waals surface area contributed by atoms with Crippen LogP contribution in [0.5, 0.6) is 0 Å². The van der Waals surface area contributed by atoms with E-state index in [0.29, 0.717) is 16.4 Å². The first-order chi connectivity index (χ1) is 13.5. The van der Waals surface area contributed by atoms with Gasteiger partial charge in [0.2, 0.25) is 11.8 Å². The average molecular weight is 409 g/mol. The Bertz CT molecular complexity index is 1020. The molecule has 0 aliphatic carbocycles. The molecule has 0 unspecified atom stereocenters. The Morgan fingerprint density at radius 2 is 1.82 bits per heavy atom. The van der Waals surface area contributed by atoms with E-state index in [0.717, 1.165) is 16.7 Å². The van der Waals surface area contributed by atoms with E-state index in [1.165, 1.54) is 0 Å². The molecule has 2 aromatic carbocycles. The van der Waals surface area contributed by atoms with Gasteiger partial charge in [0.25, 0.3) is 0 Å². The molecule has 1 saturated heterocycles. The van der Waals surface area contributed by atoms with E-state index >= 15 is 0 Å². The van der Waals surface area contributed by atoms with E-state index in [1.54, 1.807) is 48.5 Å². The molecule has 1 N–H and O–H groups in total. The first-order valence-electron chi connectivity index (χ1n) is 8.19. The first kappa shape index (κ1) is 19.5. The van der Waals surface area contributed by atoms with Crippen LogP contribution in [0.3, 0.4) is 0 Å². The molecular formula is C20H13ClN4O2S. The molecule has 0 bridgehead atoms. The van der Waals surface area contributed by atoms with Crippen molar-refractivity contribution in [1.29, 1.82) is 10.5 Å². The van der Waals surface area contributed by atoms with Crippen LogP contribution in [0.15, 0.2) is 65.2 Å². The van der Waals surface area contributed by atoms with Gasteiger partial charge in [0.15, 0.2) is 5.57 Å². The van der Waals surface area contributed by atoms with Crippen molar-refractivity contribution in [2.45, 2.75) is 11.7 Å². The third kappa shape index (κ3) is 4.17. The maximum atomic E-state index is 12.8. The second kappa shape index (κ2) is 8.62. The van der Waals surface area contributed by atoms with Gasteiger partial charge in [-0.25, -0.2) is 4.90 Å². The molecule has 1 aliphatic heterocycles. The molecular weight excluding hydrogens is 396 g/mol. The highest BCUT2D eigenvalue weighted by Crippen LogP contribution is 2.35. The summed E-state index contributed by atoms with van der Waals surface area (Å²) in [5.41, 5.74) is 0.903. The van der Waals surface area contributed by atoms with Crippen molar-refractivity contribution < 1.29 is 9.59 Å². The molecule has 138 valence electrons. The van der Waals surface area contributed by atoms with Gasteiger partial charge < -0.3 is 5.32 Å². The van der Waals surface area contributed by atoms with Gasteiger partial charge in [-0.15, -0.1) is 0 Å². The number of thioether (sulfide) groups is 1. The monoisotopic (exact) mass is 408 g/mol. The van der Waals surface area contributed by atoms with Gasteiger partial charge >= 0.3 is 0 Å². The third-order valence-electron chi connectivity index (χ3n) is 3.91. The lowest BCUT2D eigenvalue weighted by Gasteiger charge is -2.16. The average Bonchev–Trinajstić information content (AvgIpc) is 2.96. The number of carbonyl (C=O) groups excluding carboxylic acids is 2. The van der Waals surface area contributed by atoms with E-state index < -0.39 is 11.2 Å². The number of amides is 2. The maximum Gasteiger partial charge on any atom is 0.247 e. The Hall–Kier alpha value is -3.26. The zero-order valence-corrected chi connectivity index (χ0v) is 16.0. The number of hydrogen-bond acceptors (Lipinski definition) is 6. The van der Waals surface area contributed by atoms with Gasteiger partial charge in [-0.2, -0.15) is 10.5 Å². The SMILES string of the molecule is N#CC(C#N)=C(Nc1ccccc1)S[C@H]1CC(=O)N(c2cccc(Cl)c2)C1=O. The number of carbonyl (C=O) groups is 2. The maximum absolute atomic E-state index is 12.8. The van der Waals surface area contributed by atoms with E-state index in [2.05, 4.69) is 5.32 Å². The third-order valence-corrected chi connectivity index (χ3v) is 5.34. The first-order valence-corrected chi connectivity index (χ1v) is 9.45. The lowest BCUT2D eigenvalue weighted by molar-refractivity contribution is -0.121. The van der Waals surface area contributed by atoms with Gasteiger partial charge in [-0.05, 0) is 30.3 Å². The second-order valence-electron chi connectivity index (χ2n) is 5.78. The van der Waals surface area contributed by atoms with Gasteiger partial charge in [-0.1, -0.05) is 47.6 Å². The summed E-state index contributed by atoms with van der Waals surface area (Å²) in [5.74, 6) is -0.779. The Kier molecular flexibility index (Phi) is 6.00. The number of para-hydroxylation sites is 1. The summed E-state index contributed by atoms with van der Waals surface area (Å²) in [7, 11) is 0. The number of nitrogens with one attached hydrogen (secondary N) is 1. The van der Waals surface area contributed by atoms with Crippen LogP contribution in [0, 0.1) is 22.7 Å². The highest BCUT2D eigenvalue weighted by atomic mass is 35.5. The van der Waals surface area contributed by atoms with Crippen LogP contribution in [0.2, 0.25) is 5.02 Å². The van der Waals surface area contributed by atoms with Crippen LogP contribution < -0.4 is 10.2 Å². The molecule has 6 nitrogen and oxygen atoms in total. The molecule has 1 atom stereocenters. The predicted molar refractivity (Wildman–Crippen MR) is 108 cm³/mol. The number of anilines is 2. The molecule has 28 heavy (non-hydrogen) atoms. The van der Waals surface area contributed by atoms with Crippen LogP contribution in [0.25, 0.3) is 0 Å². The molecule has 0 aromatic heterocycles. The smallest absolute Gasteiger partial charge is 0.247 e. The minimum atomic E-state index is -0.755. The Morgan fingerprint density at radius 3 is 2.46 bits per heavy atom. The van der Waals surface area contributed by atoms with Crippen molar-refractivity contribution in [3.63, 3.8) is 0 Å². The van der Waals surface area contributed by atoms with E-state index in [-0.39, 0.29) is 22.9 Å². The number of rotatable bonds is 5. The highest BCUT2D eigenvalue weighted by molar-refractivity contribution is 8.04. The summed E-state index contributed by atoms with van der Waals surface area (Å²) in [6, 6.07) is 19.1. The van der Waals surface area contributed by atoms with Crippen molar-refractivity contribution in [3.8, 4) is 12.1 Å². The molecule has 8 heteroatoms. The van der Waals surface area contributed by atoms with E-state index in [1.807, 2.05) is 18.2 Å². The molecule has 2 amide bonds. The Balaban J connectivity index is 1.87. The van der Waals surface area contributed by atoms with Crippen LogP contribution in [0.1, 0.15) is 6.42 Å². The largest absolute Gasteiger partial charge is 0.349 e. The fraction of sp³-hybridized carbons (Fsp3) is 0.100. The molecule has 0 spiro atoms. The van der Waals surface area contributed by atoms with Crippen molar-refractivity contribution in [3.05, 3.63) is 70.2 Å². The fourth-order valence-corrected chi connectivity index (χ4v) is 3.94. The summed E-state index contributed by atoms with van der Waals surface area (Å²) in [5, 5.41) is 21.4. The van der Waals surface area contributed by atoms with Gasteiger partial charge in [0.1, 0.15) is 17.2 Å². The standard InChI is InChI=1S/C20H13ClN4O2S/c21-14-5-4-8-16(9-14)25-18(26)10-17(20(25)27)28-19(13(11-22)12-23)24-15-6-2-1-3-7-15/h1-9,17,24H,10H2/t17-/m0/s1. The summed E-state index contributed by atoms with van der Waals surface area (Å²) in [6.07, 6.45) is -0.0415. The highest BCUT2D eigenvalue weighted by Gasteiger charge is 2.41. The van der Waals surface area contributed by atoms with Crippen molar-refractivity contribution in [1.82, 2.24) is 0 Å². The molecule has 1 fully saturated rings. The lowest BCUT2D eigenvalue weighted by atomic mass is 10.3. The summed E-state index contributed by atoms with van der Waals surface area (Å²) in [4.78, 5) is 26.4. The van der Waals surface area contributed by atoms with Crippen molar-refractivity contribution >= 4 is 46.6 Å². The van der Waals surface area contributed by atoms with Crippen molar-refractivity contribution in [2.75, 3.05) is 10.2 Å². The van der Waals surface area contributed by atoms with E-state index in [4.69, 9.17) is 11.6 Å². The van der Waals surface area contributed by atoms with Crippen LogP contribution in [-0.2, 0) is 9.59 Å². The second-order valence-corrected chi connectivity index (χ2v) is 7.43. The fourth-order valence-electron chi connectivity index (χ4n) is 2.65. The number of allylic oxidation sites excluding steroid dienone is 1. The number of nitriles is 2. The quantitative estimate of drug-likeness (QED) is 0.591. The molecule has 0 saturated carbocycles. The number of hydrogen-bond donors (Lipinski definition) is 1. The predicted octanol–water partition coefficient (Wildman–Crippen LogP) is 4.08. The Labute approximate surface area is 171 Å². The zero-order chi connectivity index (χ0) is 20.1. The molecule has 1 aliphatic rings. The van der Waals surface area contributed by atoms with Crippen molar-refractivity contribution in [2.24, 2.45) is 0 Å². The van der Waals surface area contributed by atoms with E-state index in [9.17, 15) is 20.1 Å². The topological polar surface area (TPSA) is 97.0 Å². The van der Waals surface area contributed by atoms with Gasteiger partial charge in [0, 0.05) is 17.1 Å². The number of halogens is 1.